The maximum Gasteiger partial charge on any atom is 0.407 e. The third-order valence-corrected chi connectivity index (χ3v) is 5.88. The van der Waals surface area contributed by atoms with Crippen LogP contribution in [-0.4, -0.2) is 39.3 Å². The van der Waals surface area contributed by atoms with Crippen LogP contribution in [0.15, 0.2) is 39.6 Å². The first-order chi connectivity index (χ1) is 14.8. The van der Waals surface area contributed by atoms with E-state index in [1.54, 1.807) is 6.07 Å². The molecule has 8 nitrogen and oxygen atoms in total. The Bertz CT molecular complexity index is 1320. The lowest BCUT2D eigenvalue weighted by Crippen LogP contribution is -2.34. The third kappa shape index (κ3) is 3.51. The largest absolute Gasteiger partial charge is 0.494 e. The van der Waals surface area contributed by atoms with Crippen molar-refractivity contribution < 1.29 is 19.0 Å². The van der Waals surface area contributed by atoms with E-state index in [9.17, 15) is 24.3 Å². The summed E-state index contributed by atoms with van der Waals surface area (Å²) >= 11 is 3.35. The molecule has 0 saturated carbocycles. The maximum absolute atomic E-state index is 14.5. The zero-order chi connectivity index (χ0) is 22.3. The zero-order valence-electron chi connectivity index (χ0n) is 16.3. The van der Waals surface area contributed by atoms with E-state index in [4.69, 9.17) is 4.74 Å². The molecule has 2 aromatic carbocycles. The normalized spacial score (nSPS) is 15.8. The Balaban J connectivity index is 2.07. The first-order valence-corrected chi connectivity index (χ1v) is 10.1. The fourth-order valence-electron chi connectivity index (χ4n) is 3.86. The molecule has 0 aliphatic carbocycles. The number of rotatable bonds is 3. The summed E-state index contributed by atoms with van der Waals surface area (Å²) in [6.45, 7) is 0.305. The number of amides is 1. The highest BCUT2D eigenvalue weighted by atomic mass is 79.9. The number of fused-ring (bicyclic) bond motifs is 1. The van der Waals surface area contributed by atoms with Crippen molar-refractivity contribution in [3.63, 3.8) is 0 Å². The van der Waals surface area contributed by atoms with Gasteiger partial charge in [-0.1, -0.05) is 0 Å². The van der Waals surface area contributed by atoms with Gasteiger partial charge in [-0.15, -0.1) is 0 Å². The molecule has 1 aromatic heterocycles. The Hall–Kier alpha value is -3.45. The van der Waals surface area contributed by atoms with Crippen LogP contribution in [0.5, 0.6) is 5.75 Å². The SMILES string of the molecule is COc1ccc(-n2c([C@H]3CCCN3C(=O)O)nc3c(Br)cc(C#N)cc3c2=O)cc1F. The minimum atomic E-state index is -1.12. The van der Waals surface area contributed by atoms with Gasteiger partial charge >= 0.3 is 6.09 Å². The van der Waals surface area contributed by atoms with Crippen molar-refractivity contribution in [1.29, 1.82) is 5.26 Å². The minimum absolute atomic E-state index is 0.00892. The smallest absolute Gasteiger partial charge is 0.407 e. The molecular weight excluding hydrogens is 471 g/mol. The minimum Gasteiger partial charge on any atom is -0.494 e. The molecule has 1 N–H and O–H groups in total. The average Bonchev–Trinajstić information content (AvgIpc) is 3.24. The van der Waals surface area contributed by atoms with Crippen molar-refractivity contribution in [2.75, 3.05) is 13.7 Å². The van der Waals surface area contributed by atoms with Crippen LogP contribution in [0.3, 0.4) is 0 Å². The van der Waals surface area contributed by atoms with Gasteiger partial charge in [0.15, 0.2) is 11.6 Å². The summed E-state index contributed by atoms with van der Waals surface area (Å²) in [6, 6.07) is 8.30. The highest BCUT2D eigenvalue weighted by molar-refractivity contribution is 9.10. The van der Waals surface area contributed by atoms with Gasteiger partial charge in [0.2, 0.25) is 0 Å². The Morgan fingerprint density at radius 2 is 2.16 bits per heavy atom. The predicted octanol–water partition coefficient (Wildman–Crippen LogP) is 3.98. The molecule has 0 radical (unpaired) electrons. The summed E-state index contributed by atoms with van der Waals surface area (Å²) in [7, 11) is 1.33. The molecule has 0 bridgehead atoms. The first kappa shape index (κ1) is 20.8. The number of nitrogens with zero attached hydrogens (tertiary/aromatic N) is 4. The van der Waals surface area contributed by atoms with E-state index in [1.165, 1.54) is 34.8 Å². The number of halogens is 2. The molecule has 158 valence electrons. The number of carboxylic acid groups (broad SMARTS) is 1. The van der Waals surface area contributed by atoms with Gasteiger partial charge in [0.05, 0.1) is 41.4 Å². The molecule has 1 amide bonds. The second-order valence-electron chi connectivity index (χ2n) is 7.03. The molecule has 0 unspecified atom stereocenters. The topological polar surface area (TPSA) is 108 Å². The van der Waals surface area contributed by atoms with Gasteiger partial charge in [0, 0.05) is 17.1 Å². The number of methoxy groups -OCH3 is 1. The summed E-state index contributed by atoms with van der Waals surface area (Å²) in [5.74, 6) is -0.478. The number of ether oxygens (including phenoxy) is 1. The van der Waals surface area contributed by atoms with Gasteiger partial charge < -0.3 is 9.84 Å². The number of benzene rings is 2. The Morgan fingerprint density at radius 1 is 1.39 bits per heavy atom. The molecular formula is C21H16BrFN4O4. The van der Waals surface area contributed by atoms with Crippen molar-refractivity contribution in [1.82, 2.24) is 14.5 Å². The van der Waals surface area contributed by atoms with Crippen LogP contribution in [0.4, 0.5) is 9.18 Å². The molecule has 3 aromatic rings. The fourth-order valence-corrected chi connectivity index (χ4v) is 4.41. The van der Waals surface area contributed by atoms with Gasteiger partial charge in [-0.3, -0.25) is 14.3 Å². The monoisotopic (exact) mass is 486 g/mol. The van der Waals surface area contributed by atoms with Gasteiger partial charge in [0.1, 0.15) is 5.82 Å². The molecule has 4 rings (SSSR count). The molecule has 31 heavy (non-hydrogen) atoms. The Morgan fingerprint density at radius 3 is 2.81 bits per heavy atom. The zero-order valence-corrected chi connectivity index (χ0v) is 17.9. The van der Waals surface area contributed by atoms with Crippen molar-refractivity contribution in [2.45, 2.75) is 18.9 Å². The molecule has 0 spiro atoms. The standard InChI is InChI=1S/C21H16BrFN4O4/c1-31-17-5-4-12(9-15(17)23)27-19(16-3-2-6-26(16)21(29)30)25-18-13(20(27)28)7-11(10-24)8-14(18)22/h4-5,7-9,16H,2-3,6H2,1H3,(H,29,30)/t16-/m1/s1. The van der Waals surface area contributed by atoms with Crippen LogP contribution in [0.25, 0.3) is 16.6 Å². The van der Waals surface area contributed by atoms with E-state index in [0.29, 0.717) is 29.4 Å². The summed E-state index contributed by atoms with van der Waals surface area (Å²) < 4.78 is 21.1. The van der Waals surface area contributed by atoms with Crippen LogP contribution in [0.2, 0.25) is 0 Å². The van der Waals surface area contributed by atoms with E-state index in [0.717, 1.165) is 6.07 Å². The Labute approximate surface area is 184 Å². The number of aromatic nitrogens is 2. The summed E-state index contributed by atoms with van der Waals surface area (Å²) in [4.78, 5) is 31.1. The lowest BCUT2D eigenvalue weighted by Gasteiger charge is -2.24. The van der Waals surface area contributed by atoms with E-state index >= 15 is 0 Å². The lowest BCUT2D eigenvalue weighted by atomic mass is 10.1. The van der Waals surface area contributed by atoms with Crippen LogP contribution in [0, 0.1) is 17.1 Å². The number of carbonyl (C=O) groups is 1. The molecule has 1 aliphatic heterocycles. The number of likely N-dealkylation sites (tertiary alicyclic amines) is 1. The predicted molar refractivity (Wildman–Crippen MR) is 113 cm³/mol. The van der Waals surface area contributed by atoms with Gasteiger partial charge in [0.25, 0.3) is 5.56 Å². The van der Waals surface area contributed by atoms with E-state index in [1.807, 2.05) is 6.07 Å². The number of nitriles is 1. The van der Waals surface area contributed by atoms with Gasteiger partial charge in [-0.2, -0.15) is 5.26 Å². The molecule has 1 atom stereocenters. The van der Waals surface area contributed by atoms with Crippen LogP contribution >= 0.6 is 15.9 Å². The van der Waals surface area contributed by atoms with Crippen molar-refractivity contribution in [3.05, 3.63) is 62.4 Å². The van der Waals surface area contributed by atoms with E-state index in [2.05, 4.69) is 20.9 Å². The van der Waals surface area contributed by atoms with Crippen LogP contribution in [-0.2, 0) is 0 Å². The number of hydrogen-bond donors (Lipinski definition) is 1. The fraction of sp³-hybridized carbons (Fsp3) is 0.238. The number of hydrogen-bond acceptors (Lipinski definition) is 5. The van der Waals surface area contributed by atoms with Gasteiger partial charge in [-0.05, 0) is 53.0 Å². The second kappa shape index (κ2) is 8.00. The molecule has 1 saturated heterocycles. The highest BCUT2D eigenvalue weighted by Crippen LogP contribution is 2.34. The highest BCUT2D eigenvalue weighted by Gasteiger charge is 2.34. The van der Waals surface area contributed by atoms with E-state index < -0.39 is 23.5 Å². The van der Waals surface area contributed by atoms with Crippen molar-refractivity contribution >= 4 is 32.9 Å². The average molecular weight is 487 g/mol. The molecule has 10 heteroatoms. The van der Waals surface area contributed by atoms with Crippen molar-refractivity contribution in [2.24, 2.45) is 0 Å². The lowest BCUT2D eigenvalue weighted by molar-refractivity contribution is 0.138. The first-order valence-electron chi connectivity index (χ1n) is 9.35. The van der Waals surface area contributed by atoms with Crippen LogP contribution in [0.1, 0.15) is 30.3 Å². The molecule has 2 heterocycles. The quantitative estimate of drug-likeness (QED) is 0.599. The maximum atomic E-state index is 14.5. The summed E-state index contributed by atoms with van der Waals surface area (Å²) in [6.07, 6.45) is -0.0455. The van der Waals surface area contributed by atoms with Gasteiger partial charge in [-0.25, -0.2) is 14.2 Å². The molecule has 1 aliphatic rings. The molecule has 1 fully saturated rings. The van der Waals surface area contributed by atoms with Crippen molar-refractivity contribution in [3.8, 4) is 17.5 Å². The Kier molecular flexibility index (Phi) is 5.37. The second-order valence-corrected chi connectivity index (χ2v) is 7.88. The van der Waals surface area contributed by atoms with E-state index in [-0.39, 0.29) is 28.2 Å². The third-order valence-electron chi connectivity index (χ3n) is 5.27. The van der Waals surface area contributed by atoms with Crippen LogP contribution < -0.4 is 10.3 Å². The summed E-state index contributed by atoms with van der Waals surface area (Å²) in [5.41, 5.74) is 0.219. The summed E-state index contributed by atoms with van der Waals surface area (Å²) in [5, 5.41) is 19.1.